The van der Waals surface area contributed by atoms with Gasteiger partial charge >= 0.3 is 0 Å². The molecule has 0 aliphatic rings. The fourth-order valence-electron chi connectivity index (χ4n) is 1.60. The highest BCUT2D eigenvalue weighted by molar-refractivity contribution is 6.33. The third-order valence-electron chi connectivity index (χ3n) is 2.59. The summed E-state index contributed by atoms with van der Waals surface area (Å²) in [5, 5.41) is 0.378. The summed E-state index contributed by atoms with van der Waals surface area (Å²) in [4.78, 5) is 12.2. The normalized spacial score (nSPS) is 10.1. The third-order valence-corrected chi connectivity index (χ3v) is 2.92. The van der Waals surface area contributed by atoms with E-state index < -0.39 is 0 Å². The summed E-state index contributed by atoms with van der Waals surface area (Å²) in [7, 11) is 1.56. The third kappa shape index (κ3) is 2.46. The van der Waals surface area contributed by atoms with Gasteiger partial charge < -0.3 is 10.5 Å². The minimum atomic E-state index is -0.115. The largest absolute Gasteiger partial charge is 0.497 e. The van der Waals surface area contributed by atoms with Crippen LogP contribution in [0.5, 0.6) is 5.75 Å². The van der Waals surface area contributed by atoms with Crippen molar-refractivity contribution in [2.75, 3.05) is 12.8 Å². The highest BCUT2D eigenvalue weighted by atomic mass is 35.5. The minimum absolute atomic E-state index is 0.115. The number of carbonyl (C=O) groups excluding carboxylic acids is 1. The number of rotatable bonds is 3. The molecule has 92 valence electrons. The van der Waals surface area contributed by atoms with Crippen LogP contribution < -0.4 is 10.5 Å². The Morgan fingerprint density at radius 3 is 2.56 bits per heavy atom. The number of nitrogen functional groups attached to an aromatic ring is 1. The molecule has 0 radical (unpaired) electrons. The van der Waals surface area contributed by atoms with Gasteiger partial charge in [-0.3, -0.25) is 4.79 Å². The summed E-state index contributed by atoms with van der Waals surface area (Å²) < 4.78 is 5.09. The van der Waals surface area contributed by atoms with Gasteiger partial charge in [0.15, 0.2) is 5.78 Å². The lowest BCUT2D eigenvalue weighted by Gasteiger charge is -2.05. The Morgan fingerprint density at radius 1 is 1.17 bits per heavy atom. The van der Waals surface area contributed by atoms with Crippen molar-refractivity contribution in [1.29, 1.82) is 0 Å². The van der Waals surface area contributed by atoms with E-state index in [0.717, 1.165) is 0 Å². The molecule has 18 heavy (non-hydrogen) atoms. The van der Waals surface area contributed by atoms with Gasteiger partial charge in [-0.05, 0) is 30.3 Å². The van der Waals surface area contributed by atoms with Crippen LogP contribution in [0.2, 0.25) is 5.02 Å². The summed E-state index contributed by atoms with van der Waals surface area (Å²) in [5.41, 5.74) is 7.12. The Morgan fingerprint density at radius 2 is 1.89 bits per heavy atom. The number of methoxy groups -OCH3 is 1. The molecule has 3 nitrogen and oxygen atoms in total. The standard InChI is InChI=1S/C14H12ClNO2/c1-18-11-4-2-3-9(7-11)14(17)10-5-6-13(16)12(15)8-10/h2-8H,16H2,1H3. The van der Waals surface area contributed by atoms with E-state index in [0.29, 0.717) is 27.6 Å². The summed E-state index contributed by atoms with van der Waals surface area (Å²) in [6.45, 7) is 0. The van der Waals surface area contributed by atoms with E-state index in [2.05, 4.69) is 0 Å². The van der Waals surface area contributed by atoms with E-state index >= 15 is 0 Å². The minimum Gasteiger partial charge on any atom is -0.497 e. The van der Waals surface area contributed by atoms with E-state index in [9.17, 15) is 4.79 Å². The predicted molar refractivity (Wildman–Crippen MR) is 72.3 cm³/mol. The first-order valence-corrected chi connectivity index (χ1v) is 5.73. The van der Waals surface area contributed by atoms with Gasteiger partial charge in [0.25, 0.3) is 0 Å². The van der Waals surface area contributed by atoms with Crippen LogP contribution in [0.3, 0.4) is 0 Å². The van der Waals surface area contributed by atoms with Crippen LogP contribution in [-0.2, 0) is 0 Å². The average molecular weight is 262 g/mol. The smallest absolute Gasteiger partial charge is 0.193 e. The van der Waals surface area contributed by atoms with E-state index in [1.165, 1.54) is 0 Å². The number of halogens is 1. The zero-order chi connectivity index (χ0) is 13.1. The fourth-order valence-corrected chi connectivity index (χ4v) is 1.78. The van der Waals surface area contributed by atoms with E-state index in [1.54, 1.807) is 49.6 Å². The van der Waals surface area contributed by atoms with Crippen molar-refractivity contribution in [2.45, 2.75) is 0 Å². The molecule has 0 fully saturated rings. The van der Waals surface area contributed by atoms with Crippen molar-refractivity contribution in [3.8, 4) is 5.75 Å². The number of ether oxygens (including phenoxy) is 1. The van der Waals surface area contributed by atoms with Crippen LogP contribution >= 0.6 is 11.6 Å². The van der Waals surface area contributed by atoms with Crippen molar-refractivity contribution in [2.24, 2.45) is 0 Å². The maximum absolute atomic E-state index is 12.2. The molecule has 0 aromatic heterocycles. The predicted octanol–water partition coefficient (Wildman–Crippen LogP) is 3.16. The first kappa shape index (κ1) is 12.5. The van der Waals surface area contributed by atoms with Crippen LogP contribution in [0.1, 0.15) is 15.9 Å². The van der Waals surface area contributed by atoms with Crippen molar-refractivity contribution in [3.63, 3.8) is 0 Å². The van der Waals surface area contributed by atoms with Gasteiger partial charge in [-0.1, -0.05) is 23.7 Å². The van der Waals surface area contributed by atoms with Gasteiger partial charge in [-0.2, -0.15) is 0 Å². The maximum atomic E-state index is 12.2. The molecule has 0 heterocycles. The number of anilines is 1. The van der Waals surface area contributed by atoms with Crippen molar-refractivity contribution < 1.29 is 9.53 Å². The lowest BCUT2D eigenvalue weighted by Crippen LogP contribution is -2.02. The molecule has 0 unspecified atom stereocenters. The van der Waals surface area contributed by atoms with Crippen LogP contribution in [0.15, 0.2) is 42.5 Å². The number of hydrogen-bond acceptors (Lipinski definition) is 3. The van der Waals surface area contributed by atoms with E-state index in [4.69, 9.17) is 22.1 Å². The lowest BCUT2D eigenvalue weighted by molar-refractivity contribution is 0.103. The highest BCUT2D eigenvalue weighted by Crippen LogP contribution is 2.22. The summed E-state index contributed by atoms with van der Waals surface area (Å²) in [6.07, 6.45) is 0. The second kappa shape index (κ2) is 5.10. The molecule has 0 bridgehead atoms. The van der Waals surface area contributed by atoms with Crippen LogP contribution in [0.25, 0.3) is 0 Å². The first-order valence-electron chi connectivity index (χ1n) is 5.35. The van der Waals surface area contributed by atoms with E-state index in [-0.39, 0.29) is 5.78 Å². The molecule has 0 saturated heterocycles. The molecule has 0 aliphatic carbocycles. The Kier molecular flexibility index (Phi) is 3.53. The molecular formula is C14H12ClNO2. The molecule has 2 N–H and O–H groups in total. The zero-order valence-corrected chi connectivity index (χ0v) is 10.6. The van der Waals surface area contributed by atoms with Gasteiger partial charge in [-0.25, -0.2) is 0 Å². The Balaban J connectivity index is 2.38. The van der Waals surface area contributed by atoms with Crippen LogP contribution in [0.4, 0.5) is 5.69 Å². The van der Waals surface area contributed by atoms with Crippen molar-refractivity contribution in [1.82, 2.24) is 0 Å². The van der Waals surface area contributed by atoms with Gasteiger partial charge in [0.1, 0.15) is 5.75 Å². The summed E-state index contributed by atoms with van der Waals surface area (Å²) in [6, 6.07) is 11.8. The van der Waals surface area contributed by atoms with Crippen molar-refractivity contribution in [3.05, 3.63) is 58.6 Å². The molecular weight excluding hydrogens is 250 g/mol. The summed E-state index contributed by atoms with van der Waals surface area (Å²) >= 11 is 5.90. The maximum Gasteiger partial charge on any atom is 0.193 e. The molecule has 0 spiro atoms. The Labute approximate surface area is 110 Å². The molecule has 2 rings (SSSR count). The van der Waals surface area contributed by atoms with Gasteiger partial charge in [0.2, 0.25) is 0 Å². The second-order valence-electron chi connectivity index (χ2n) is 3.80. The molecule has 0 saturated carbocycles. The molecule has 0 aliphatic heterocycles. The number of ketones is 1. The first-order chi connectivity index (χ1) is 8.61. The Bertz CT molecular complexity index is 596. The van der Waals surface area contributed by atoms with Crippen LogP contribution in [-0.4, -0.2) is 12.9 Å². The lowest BCUT2D eigenvalue weighted by atomic mass is 10.0. The number of hydrogen-bond donors (Lipinski definition) is 1. The molecule has 0 atom stereocenters. The second-order valence-corrected chi connectivity index (χ2v) is 4.20. The number of carbonyl (C=O) groups is 1. The van der Waals surface area contributed by atoms with Gasteiger partial charge in [0, 0.05) is 11.1 Å². The molecule has 2 aromatic carbocycles. The molecule has 4 heteroatoms. The SMILES string of the molecule is COc1cccc(C(=O)c2ccc(N)c(Cl)c2)c1. The topological polar surface area (TPSA) is 52.3 Å². The zero-order valence-electron chi connectivity index (χ0n) is 9.81. The number of nitrogens with two attached hydrogens (primary N) is 1. The highest BCUT2D eigenvalue weighted by Gasteiger charge is 2.11. The quantitative estimate of drug-likeness (QED) is 0.682. The fraction of sp³-hybridized carbons (Fsp3) is 0.0714. The molecule has 0 amide bonds. The summed E-state index contributed by atoms with van der Waals surface area (Å²) in [5.74, 6) is 0.526. The molecule has 2 aromatic rings. The Hall–Kier alpha value is -2.00. The van der Waals surface area contributed by atoms with Crippen molar-refractivity contribution >= 4 is 23.1 Å². The average Bonchev–Trinajstić information content (AvgIpc) is 2.41. The monoisotopic (exact) mass is 261 g/mol. The number of benzene rings is 2. The van der Waals surface area contributed by atoms with Gasteiger partial charge in [0.05, 0.1) is 17.8 Å². The van der Waals surface area contributed by atoms with Gasteiger partial charge in [-0.15, -0.1) is 0 Å². The van der Waals surface area contributed by atoms with Crippen LogP contribution in [0, 0.1) is 0 Å². The van der Waals surface area contributed by atoms with E-state index in [1.807, 2.05) is 0 Å².